The lowest BCUT2D eigenvalue weighted by Gasteiger charge is -2.16. The summed E-state index contributed by atoms with van der Waals surface area (Å²) in [6.45, 7) is 2.09. The van der Waals surface area contributed by atoms with E-state index in [-0.39, 0.29) is 0 Å². The Morgan fingerprint density at radius 2 is 1.75 bits per heavy atom. The lowest BCUT2D eigenvalue weighted by atomic mass is 10.1. The Morgan fingerprint density at radius 3 is 2.25 bits per heavy atom. The van der Waals surface area contributed by atoms with E-state index in [2.05, 4.69) is 23.3 Å². The van der Waals surface area contributed by atoms with Crippen LogP contribution in [-0.4, -0.2) is 33.4 Å². The fourth-order valence-corrected chi connectivity index (χ4v) is 2.32. The van der Waals surface area contributed by atoms with Crippen molar-refractivity contribution in [2.75, 3.05) is 33.7 Å². The number of nitrogens with one attached hydrogen (secondary N) is 1. The molecule has 1 aromatic heterocycles. The number of pyridine rings is 1. The van der Waals surface area contributed by atoms with Crippen molar-refractivity contribution in [1.29, 1.82) is 0 Å². The van der Waals surface area contributed by atoms with E-state index in [1.54, 1.807) is 21.3 Å². The van der Waals surface area contributed by atoms with Crippen LogP contribution in [0.2, 0.25) is 0 Å². The fourth-order valence-electron chi connectivity index (χ4n) is 2.32. The summed E-state index contributed by atoms with van der Waals surface area (Å²) in [5.74, 6) is 2.71. The Hall–Kier alpha value is -2.17. The molecule has 0 aliphatic rings. The van der Waals surface area contributed by atoms with Crippen molar-refractivity contribution in [3.63, 3.8) is 0 Å². The summed E-state index contributed by atoms with van der Waals surface area (Å²) in [7, 11) is 6.69. The van der Waals surface area contributed by atoms with Crippen molar-refractivity contribution in [3.05, 3.63) is 17.7 Å². The molecule has 0 atom stereocenters. The molecule has 0 radical (unpaired) electrons. The molecule has 0 aliphatic carbocycles. The topological polar surface area (TPSA) is 52.6 Å². The van der Waals surface area contributed by atoms with Gasteiger partial charge in [-0.2, -0.15) is 0 Å². The molecule has 1 heterocycles. The van der Waals surface area contributed by atoms with Gasteiger partial charge in [0.2, 0.25) is 5.75 Å². The number of benzene rings is 1. The zero-order valence-electron chi connectivity index (χ0n) is 12.5. The highest BCUT2D eigenvalue weighted by Crippen LogP contribution is 2.43. The van der Waals surface area contributed by atoms with Crippen molar-refractivity contribution < 1.29 is 14.2 Å². The molecule has 1 N–H and O–H groups in total. The van der Waals surface area contributed by atoms with Gasteiger partial charge in [-0.15, -0.1) is 0 Å². The molecule has 20 heavy (non-hydrogen) atoms. The van der Waals surface area contributed by atoms with E-state index in [1.165, 1.54) is 0 Å². The van der Waals surface area contributed by atoms with E-state index in [0.29, 0.717) is 17.2 Å². The van der Waals surface area contributed by atoms with Gasteiger partial charge in [0.15, 0.2) is 11.5 Å². The maximum atomic E-state index is 5.50. The van der Waals surface area contributed by atoms with E-state index in [1.807, 2.05) is 13.1 Å². The first-order valence-corrected chi connectivity index (χ1v) is 6.50. The second-order valence-electron chi connectivity index (χ2n) is 4.31. The van der Waals surface area contributed by atoms with Crippen molar-refractivity contribution in [1.82, 2.24) is 4.98 Å². The highest BCUT2D eigenvalue weighted by atomic mass is 16.5. The second kappa shape index (κ2) is 5.86. The van der Waals surface area contributed by atoms with Gasteiger partial charge in [0, 0.05) is 18.5 Å². The quantitative estimate of drug-likeness (QED) is 0.910. The van der Waals surface area contributed by atoms with E-state index < -0.39 is 0 Å². The number of anilines is 1. The molecule has 1 aromatic carbocycles. The van der Waals surface area contributed by atoms with Gasteiger partial charge >= 0.3 is 0 Å². The first-order chi connectivity index (χ1) is 9.69. The third-order valence-corrected chi connectivity index (χ3v) is 3.32. The number of methoxy groups -OCH3 is 3. The lowest BCUT2D eigenvalue weighted by Crippen LogP contribution is -2.01. The van der Waals surface area contributed by atoms with E-state index in [4.69, 9.17) is 14.2 Å². The number of hydrogen-bond acceptors (Lipinski definition) is 5. The van der Waals surface area contributed by atoms with Crippen molar-refractivity contribution in [2.45, 2.75) is 13.3 Å². The SMILES string of the molecule is CCc1cc2c(OC)c(OC)c(OC)cc2nc1NC. The molecule has 2 aromatic rings. The predicted octanol–water partition coefficient (Wildman–Crippen LogP) is 2.86. The van der Waals surface area contributed by atoms with Gasteiger partial charge < -0.3 is 19.5 Å². The molecule has 0 saturated heterocycles. The number of rotatable bonds is 5. The van der Waals surface area contributed by atoms with Crippen LogP contribution in [0.5, 0.6) is 17.2 Å². The van der Waals surface area contributed by atoms with Gasteiger partial charge in [-0.1, -0.05) is 6.92 Å². The number of aryl methyl sites for hydroxylation is 1. The summed E-state index contributed by atoms with van der Waals surface area (Å²) in [5, 5.41) is 4.04. The summed E-state index contributed by atoms with van der Waals surface area (Å²) < 4.78 is 16.3. The molecule has 0 spiro atoms. The lowest BCUT2D eigenvalue weighted by molar-refractivity contribution is 0.327. The third-order valence-electron chi connectivity index (χ3n) is 3.32. The molecule has 2 rings (SSSR count). The zero-order valence-corrected chi connectivity index (χ0v) is 12.5. The Labute approximate surface area is 118 Å². The summed E-state index contributed by atoms with van der Waals surface area (Å²) in [6, 6.07) is 3.94. The van der Waals surface area contributed by atoms with Crippen LogP contribution >= 0.6 is 0 Å². The summed E-state index contributed by atoms with van der Waals surface area (Å²) in [4.78, 5) is 4.63. The smallest absolute Gasteiger partial charge is 0.204 e. The number of ether oxygens (including phenoxy) is 3. The van der Waals surface area contributed by atoms with Crippen LogP contribution in [0.1, 0.15) is 12.5 Å². The fraction of sp³-hybridized carbons (Fsp3) is 0.400. The van der Waals surface area contributed by atoms with Crippen LogP contribution in [0.25, 0.3) is 10.9 Å². The summed E-state index contributed by atoms with van der Waals surface area (Å²) in [5.41, 5.74) is 1.94. The van der Waals surface area contributed by atoms with Crippen LogP contribution in [0.3, 0.4) is 0 Å². The van der Waals surface area contributed by atoms with Gasteiger partial charge in [-0.05, 0) is 18.1 Å². The summed E-state index contributed by atoms with van der Waals surface area (Å²) in [6.07, 6.45) is 0.886. The number of aromatic nitrogens is 1. The second-order valence-corrected chi connectivity index (χ2v) is 4.31. The molecule has 0 unspecified atom stereocenters. The van der Waals surface area contributed by atoms with Crippen molar-refractivity contribution >= 4 is 16.7 Å². The minimum absolute atomic E-state index is 0.587. The van der Waals surface area contributed by atoms with Crippen molar-refractivity contribution in [3.8, 4) is 17.2 Å². The average molecular weight is 276 g/mol. The molecule has 5 nitrogen and oxygen atoms in total. The molecule has 0 fully saturated rings. The Morgan fingerprint density at radius 1 is 1.05 bits per heavy atom. The normalized spacial score (nSPS) is 10.4. The summed E-state index contributed by atoms with van der Waals surface area (Å²) >= 11 is 0. The maximum absolute atomic E-state index is 5.50. The first-order valence-electron chi connectivity index (χ1n) is 6.50. The van der Waals surface area contributed by atoms with Gasteiger partial charge in [0.1, 0.15) is 5.82 Å². The Kier molecular flexibility index (Phi) is 4.17. The zero-order chi connectivity index (χ0) is 14.7. The molecule has 0 saturated carbocycles. The minimum atomic E-state index is 0.587. The van der Waals surface area contributed by atoms with E-state index in [0.717, 1.165) is 28.7 Å². The maximum Gasteiger partial charge on any atom is 0.204 e. The van der Waals surface area contributed by atoms with E-state index in [9.17, 15) is 0 Å². The predicted molar refractivity (Wildman–Crippen MR) is 80.3 cm³/mol. The van der Waals surface area contributed by atoms with Gasteiger partial charge in [0.05, 0.1) is 26.8 Å². The number of fused-ring (bicyclic) bond motifs is 1. The highest BCUT2D eigenvalue weighted by Gasteiger charge is 2.18. The molecule has 0 amide bonds. The molecular weight excluding hydrogens is 256 g/mol. The van der Waals surface area contributed by atoms with Crippen LogP contribution in [0.15, 0.2) is 12.1 Å². The minimum Gasteiger partial charge on any atom is -0.493 e. The monoisotopic (exact) mass is 276 g/mol. The average Bonchev–Trinajstić information content (AvgIpc) is 2.51. The molecule has 5 heteroatoms. The standard InChI is InChI=1S/C15H20N2O3/c1-6-9-7-10-11(17-15(9)16-2)8-12(18-3)14(20-5)13(10)19-4/h7-8H,6H2,1-5H3,(H,16,17). The highest BCUT2D eigenvalue weighted by molar-refractivity contribution is 5.92. The first kappa shape index (κ1) is 14.2. The molecule has 0 aliphatic heterocycles. The van der Waals surface area contributed by atoms with Gasteiger partial charge in [0.25, 0.3) is 0 Å². The van der Waals surface area contributed by atoms with Crippen LogP contribution in [0, 0.1) is 0 Å². The Balaban J connectivity index is 2.84. The Bertz CT molecular complexity index is 621. The third kappa shape index (κ3) is 2.19. The number of nitrogens with zero attached hydrogens (tertiary/aromatic N) is 1. The molecular formula is C15H20N2O3. The van der Waals surface area contributed by atoms with Gasteiger partial charge in [-0.25, -0.2) is 4.98 Å². The largest absolute Gasteiger partial charge is 0.493 e. The molecule has 108 valence electrons. The van der Waals surface area contributed by atoms with E-state index >= 15 is 0 Å². The van der Waals surface area contributed by atoms with Crippen molar-refractivity contribution in [2.24, 2.45) is 0 Å². The van der Waals surface area contributed by atoms with Crippen LogP contribution in [0.4, 0.5) is 5.82 Å². The van der Waals surface area contributed by atoms with Crippen LogP contribution in [-0.2, 0) is 6.42 Å². The molecule has 0 bridgehead atoms. The van der Waals surface area contributed by atoms with Gasteiger partial charge in [-0.3, -0.25) is 0 Å². The number of hydrogen-bond donors (Lipinski definition) is 1. The van der Waals surface area contributed by atoms with Crippen LogP contribution < -0.4 is 19.5 Å².